The van der Waals surface area contributed by atoms with Gasteiger partial charge in [0, 0.05) is 57.0 Å². The molecule has 4 heterocycles. The second-order valence-corrected chi connectivity index (χ2v) is 12.5. The Balaban J connectivity index is 1.11. The molecule has 1 unspecified atom stereocenters. The third kappa shape index (κ3) is 4.80. The lowest BCUT2D eigenvalue weighted by atomic mass is 10.0. The summed E-state index contributed by atoms with van der Waals surface area (Å²) in [7, 11) is -1.90. The lowest BCUT2D eigenvalue weighted by molar-refractivity contribution is -0.136. The number of likely N-dealkylation sites (tertiary alicyclic amines) is 1. The van der Waals surface area contributed by atoms with Gasteiger partial charge in [0.25, 0.3) is 5.91 Å². The van der Waals surface area contributed by atoms with Gasteiger partial charge in [-0.25, -0.2) is 8.42 Å². The predicted octanol–water partition coefficient (Wildman–Crippen LogP) is 2.01. The SMILES string of the molecule is CN(C1CN(Cc2ccnc(-c3ccc4c(c3)CN(C3CCC(=O)NC3=O)C4=O)c2)C1)S(=O)(=O)c1ccccc1. The monoisotopic (exact) mass is 559 g/mol. The topological polar surface area (TPSA) is 120 Å². The number of benzene rings is 2. The van der Waals surface area contributed by atoms with Crippen LogP contribution in [0.5, 0.6) is 0 Å². The van der Waals surface area contributed by atoms with Gasteiger partial charge in [-0.05, 0) is 53.9 Å². The number of nitrogens with zero attached hydrogens (tertiary/aromatic N) is 4. The van der Waals surface area contributed by atoms with Crippen LogP contribution >= 0.6 is 0 Å². The number of piperidine rings is 1. The highest BCUT2D eigenvalue weighted by atomic mass is 32.2. The second-order valence-electron chi connectivity index (χ2n) is 10.5. The Labute approximate surface area is 232 Å². The minimum absolute atomic E-state index is 0.0897. The first-order valence-corrected chi connectivity index (χ1v) is 14.6. The number of rotatable bonds is 7. The van der Waals surface area contributed by atoms with Crippen LogP contribution in [0.1, 0.15) is 34.3 Å². The summed E-state index contributed by atoms with van der Waals surface area (Å²) in [6.07, 6.45) is 2.30. The molecule has 1 atom stereocenters. The zero-order chi connectivity index (χ0) is 28.0. The molecule has 3 aliphatic heterocycles. The van der Waals surface area contributed by atoms with Gasteiger partial charge in [-0.1, -0.05) is 24.3 Å². The number of imide groups is 1. The maximum Gasteiger partial charge on any atom is 0.255 e. The average molecular weight is 560 g/mol. The Morgan fingerprint density at radius 3 is 2.55 bits per heavy atom. The van der Waals surface area contributed by atoms with E-state index in [1.165, 1.54) is 9.21 Å². The standard InChI is InChI=1S/C29H29N5O5S/c1-32(40(38,39)23-5-3-2-4-6-23)22-17-33(18-22)15-19-11-12-30-25(13-19)20-7-8-24-21(14-20)16-34(29(24)37)26-9-10-27(35)31-28(26)36/h2-8,11-14,22,26H,9-10,15-18H2,1H3,(H,31,35,36). The largest absolute Gasteiger partial charge is 0.322 e. The summed E-state index contributed by atoms with van der Waals surface area (Å²) in [4.78, 5) is 45.4. The van der Waals surface area contributed by atoms with Crippen LogP contribution in [-0.2, 0) is 32.7 Å². The van der Waals surface area contributed by atoms with E-state index < -0.39 is 22.0 Å². The van der Waals surface area contributed by atoms with Crippen LogP contribution in [0.25, 0.3) is 11.3 Å². The number of carbonyl (C=O) groups is 3. The molecule has 11 heteroatoms. The summed E-state index contributed by atoms with van der Waals surface area (Å²) in [6, 6.07) is 17.3. The Morgan fingerprint density at radius 2 is 1.80 bits per heavy atom. The Morgan fingerprint density at radius 1 is 1.02 bits per heavy atom. The Hall–Kier alpha value is -3.93. The highest BCUT2D eigenvalue weighted by molar-refractivity contribution is 7.89. The van der Waals surface area contributed by atoms with E-state index >= 15 is 0 Å². The van der Waals surface area contributed by atoms with E-state index in [-0.39, 0.29) is 24.3 Å². The van der Waals surface area contributed by atoms with Crippen LogP contribution < -0.4 is 5.32 Å². The van der Waals surface area contributed by atoms with Crippen LogP contribution in [0.4, 0.5) is 0 Å². The molecule has 0 spiro atoms. The first kappa shape index (κ1) is 26.3. The van der Waals surface area contributed by atoms with Crippen molar-refractivity contribution in [1.29, 1.82) is 0 Å². The number of amides is 3. The molecule has 0 bridgehead atoms. The molecule has 3 aliphatic rings. The fourth-order valence-electron chi connectivity index (χ4n) is 5.58. The number of hydrogen-bond donors (Lipinski definition) is 1. The molecule has 0 saturated carbocycles. The third-order valence-electron chi connectivity index (χ3n) is 7.92. The molecular weight excluding hydrogens is 530 g/mol. The van der Waals surface area contributed by atoms with E-state index in [0.29, 0.717) is 43.1 Å². The number of fused-ring (bicyclic) bond motifs is 1. The molecule has 10 nitrogen and oxygen atoms in total. The van der Waals surface area contributed by atoms with Crippen LogP contribution in [0.3, 0.4) is 0 Å². The molecule has 1 aromatic heterocycles. The van der Waals surface area contributed by atoms with E-state index in [0.717, 1.165) is 22.4 Å². The van der Waals surface area contributed by atoms with Crippen molar-refractivity contribution in [2.24, 2.45) is 0 Å². The van der Waals surface area contributed by atoms with E-state index in [2.05, 4.69) is 15.2 Å². The normalized spacial score (nSPS) is 20.0. The van der Waals surface area contributed by atoms with Gasteiger partial charge in [0.15, 0.2) is 0 Å². The van der Waals surface area contributed by atoms with Gasteiger partial charge in [-0.15, -0.1) is 0 Å². The number of sulfonamides is 1. The number of likely N-dealkylation sites (N-methyl/N-ethyl adjacent to an activating group) is 1. The minimum Gasteiger partial charge on any atom is -0.322 e. The molecule has 6 rings (SSSR count). The van der Waals surface area contributed by atoms with Crippen LogP contribution in [0.15, 0.2) is 71.8 Å². The maximum atomic E-state index is 13.0. The van der Waals surface area contributed by atoms with Gasteiger partial charge >= 0.3 is 0 Å². The molecular formula is C29H29N5O5S. The van der Waals surface area contributed by atoms with Crippen molar-refractivity contribution in [3.05, 3.63) is 83.6 Å². The van der Waals surface area contributed by atoms with E-state index in [9.17, 15) is 22.8 Å². The molecule has 3 amide bonds. The highest BCUT2D eigenvalue weighted by Crippen LogP contribution is 2.31. The summed E-state index contributed by atoms with van der Waals surface area (Å²) < 4.78 is 27.3. The van der Waals surface area contributed by atoms with Gasteiger partial charge in [0.1, 0.15) is 6.04 Å². The van der Waals surface area contributed by atoms with E-state index in [1.807, 2.05) is 24.3 Å². The van der Waals surface area contributed by atoms with Gasteiger partial charge < -0.3 is 4.90 Å². The van der Waals surface area contributed by atoms with Gasteiger partial charge in [0.2, 0.25) is 21.8 Å². The molecule has 0 radical (unpaired) electrons. The predicted molar refractivity (Wildman–Crippen MR) is 146 cm³/mol. The fraction of sp³-hybridized carbons (Fsp3) is 0.310. The van der Waals surface area contributed by atoms with Crippen molar-refractivity contribution in [2.75, 3.05) is 20.1 Å². The molecule has 1 N–H and O–H groups in total. The van der Waals surface area contributed by atoms with Crippen molar-refractivity contribution in [1.82, 2.24) is 24.4 Å². The van der Waals surface area contributed by atoms with Gasteiger partial charge in [0.05, 0.1) is 16.6 Å². The lowest BCUT2D eigenvalue weighted by Gasteiger charge is -2.43. The third-order valence-corrected chi connectivity index (χ3v) is 9.85. The quantitative estimate of drug-likeness (QED) is 0.440. The van der Waals surface area contributed by atoms with Crippen molar-refractivity contribution in [3.8, 4) is 11.3 Å². The molecule has 2 aromatic carbocycles. The van der Waals surface area contributed by atoms with Gasteiger partial charge in [-0.2, -0.15) is 4.31 Å². The maximum absolute atomic E-state index is 13.0. The smallest absolute Gasteiger partial charge is 0.255 e. The minimum atomic E-state index is -3.53. The van der Waals surface area contributed by atoms with Crippen LogP contribution in [-0.4, -0.2) is 77.4 Å². The zero-order valence-electron chi connectivity index (χ0n) is 22.0. The average Bonchev–Trinajstić information content (AvgIpc) is 3.26. The van der Waals surface area contributed by atoms with Crippen molar-refractivity contribution < 1.29 is 22.8 Å². The Kier molecular flexibility index (Phi) is 6.73. The second kappa shape index (κ2) is 10.2. The first-order valence-electron chi connectivity index (χ1n) is 13.2. The van der Waals surface area contributed by atoms with Gasteiger partial charge in [-0.3, -0.25) is 29.6 Å². The summed E-state index contributed by atoms with van der Waals surface area (Å²) in [5.41, 5.74) is 4.08. The summed E-state index contributed by atoms with van der Waals surface area (Å²) >= 11 is 0. The zero-order valence-corrected chi connectivity index (χ0v) is 22.8. The number of nitrogens with one attached hydrogen (secondary N) is 1. The molecule has 0 aliphatic carbocycles. The van der Waals surface area contributed by atoms with Crippen molar-refractivity contribution in [3.63, 3.8) is 0 Å². The van der Waals surface area contributed by atoms with Crippen LogP contribution in [0, 0.1) is 0 Å². The number of aromatic nitrogens is 1. The first-order chi connectivity index (χ1) is 19.2. The fourth-order valence-corrected chi connectivity index (χ4v) is 6.94. The van der Waals surface area contributed by atoms with Crippen LogP contribution in [0.2, 0.25) is 0 Å². The van der Waals surface area contributed by atoms with E-state index in [4.69, 9.17) is 0 Å². The summed E-state index contributed by atoms with van der Waals surface area (Å²) in [5.74, 6) is -0.940. The summed E-state index contributed by atoms with van der Waals surface area (Å²) in [5, 5.41) is 2.33. The van der Waals surface area contributed by atoms with Crippen molar-refractivity contribution >= 4 is 27.7 Å². The lowest BCUT2D eigenvalue weighted by Crippen LogP contribution is -2.58. The highest BCUT2D eigenvalue weighted by Gasteiger charge is 2.39. The molecule has 206 valence electrons. The summed E-state index contributed by atoms with van der Waals surface area (Å²) in [6.45, 7) is 2.25. The van der Waals surface area contributed by atoms with E-state index in [1.54, 1.807) is 49.6 Å². The van der Waals surface area contributed by atoms with Crippen molar-refractivity contribution in [2.45, 2.75) is 42.9 Å². The number of pyridine rings is 1. The number of hydrogen-bond acceptors (Lipinski definition) is 7. The molecule has 2 saturated heterocycles. The molecule has 40 heavy (non-hydrogen) atoms. The number of carbonyl (C=O) groups excluding carboxylic acids is 3. The Bertz CT molecular complexity index is 1600. The molecule has 3 aromatic rings. The molecule has 2 fully saturated rings.